The van der Waals surface area contributed by atoms with Gasteiger partial charge in [-0.25, -0.2) is 0 Å². The molecule has 14 nitrogen and oxygen atoms in total. The molecule has 19 heteroatoms. The third-order valence-corrected chi connectivity index (χ3v) is 9.91. The number of hydrogen-bond donors (Lipinski definition) is 6. The lowest BCUT2D eigenvalue weighted by atomic mass is 10.1. The van der Waals surface area contributed by atoms with Crippen molar-refractivity contribution in [2.24, 2.45) is 0 Å². The molecule has 0 heterocycles. The first-order valence-corrected chi connectivity index (χ1v) is 21.3. The summed E-state index contributed by atoms with van der Waals surface area (Å²) in [4.78, 5) is 96.9. The molecular formula is C38H55ClN6O8S4. The number of rotatable bonds is 22. The van der Waals surface area contributed by atoms with Crippen molar-refractivity contribution in [3.63, 3.8) is 0 Å². The molecule has 0 spiro atoms. The van der Waals surface area contributed by atoms with E-state index < -0.39 is 0 Å². The second kappa shape index (κ2) is 31.3. The molecule has 0 bridgehead atoms. The molecule has 0 saturated carbocycles. The van der Waals surface area contributed by atoms with E-state index in [1.165, 1.54) is 13.8 Å². The Bertz CT molecular complexity index is 1540. The minimum Gasteiger partial charge on any atom is -0.354 e. The van der Waals surface area contributed by atoms with Crippen LogP contribution in [0.3, 0.4) is 0 Å². The molecule has 316 valence electrons. The van der Waals surface area contributed by atoms with Crippen LogP contribution in [-0.4, -0.2) is 131 Å². The Kier molecular flexibility index (Phi) is 29.3. The molecule has 2 aromatic rings. The third kappa shape index (κ3) is 24.0. The summed E-state index contributed by atoms with van der Waals surface area (Å²) in [6.07, 6.45) is 1.77. The van der Waals surface area contributed by atoms with Crippen LogP contribution in [0, 0.1) is 0 Å². The average molecular weight is 888 g/mol. The number of nitrogens with one attached hydrogen (secondary N) is 4. The van der Waals surface area contributed by atoms with Gasteiger partial charge in [0.2, 0.25) is 23.6 Å². The highest BCUT2D eigenvalue weighted by molar-refractivity contribution is 8.14. The van der Waals surface area contributed by atoms with Gasteiger partial charge in [0.25, 0.3) is 11.8 Å². The number of benzene rings is 2. The second-order valence-electron chi connectivity index (χ2n) is 12.0. The number of thioether (sulfide) groups is 2. The van der Waals surface area contributed by atoms with E-state index in [1.807, 2.05) is 31.2 Å². The van der Waals surface area contributed by atoms with Gasteiger partial charge in [0.1, 0.15) is 0 Å². The maximum atomic E-state index is 12.9. The van der Waals surface area contributed by atoms with Gasteiger partial charge in [0.15, 0.2) is 10.2 Å². The Hall–Kier alpha value is -3.71. The van der Waals surface area contributed by atoms with Gasteiger partial charge >= 0.3 is 0 Å². The molecular weight excluding hydrogens is 832 g/mol. The van der Waals surface area contributed by atoms with Crippen LogP contribution >= 0.6 is 61.2 Å². The standard InChI is InChI=1S/C21H29N3O5S2.C17H25N3O3S2.ClH/c1-4-17-5-7-18(8-6-17)21(29)24(11-9-22-19(27)13-30-15(2)25)12-10-23-20(28)14-31-16(3)26;1-2-13-3-5-14(6-4-13)17(23)20(9-7-18-15(21)11-24)10-8-19-16(22)12-25;/h5-8H,4,9-14H2,1-3H3,(H,22,27)(H,23,28);3-6,24-25H,2,7-12H2,1H3,(H,18,21)(H,19,22);1H. The Balaban J connectivity index is 0.00000111. The largest absolute Gasteiger partial charge is 0.354 e. The summed E-state index contributed by atoms with van der Waals surface area (Å²) in [5, 5.41) is 10.5. The van der Waals surface area contributed by atoms with Crippen molar-refractivity contribution in [1.29, 1.82) is 0 Å². The lowest BCUT2D eigenvalue weighted by Crippen LogP contribution is -2.43. The predicted octanol–water partition coefficient (Wildman–Crippen LogP) is 2.69. The van der Waals surface area contributed by atoms with Crippen LogP contribution in [-0.2, 0) is 41.6 Å². The molecule has 0 fully saturated rings. The van der Waals surface area contributed by atoms with Crippen LogP contribution in [0.4, 0.5) is 0 Å². The van der Waals surface area contributed by atoms with Gasteiger partial charge in [-0.3, -0.25) is 38.4 Å². The Morgan fingerprint density at radius 3 is 1.04 bits per heavy atom. The number of halogens is 1. The van der Waals surface area contributed by atoms with E-state index in [-0.39, 0.29) is 107 Å². The van der Waals surface area contributed by atoms with Crippen LogP contribution in [0.25, 0.3) is 0 Å². The van der Waals surface area contributed by atoms with E-state index >= 15 is 0 Å². The van der Waals surface area contributed by atoms with E-state index in [4.69, 9.17) is 0 Å². The van der Waals surface area contributed by atoms with E-state index in [0.29, 0.717) is 37.3 Å². The topological polar surface area (TPSA) is 191 Å². The monoisotopic (exact) mass is 886 g/mol. The smallest absolute Gasteiger partial charge is 0.253 e. The molecule has 0 aliphatic rings. The molecule has 0 aliphatic heterocycles. The summed E-state index contributed by atoms with van der Waals surface area (Å²) in [5.74, 6) is -1.02. The summed E-state index contributed by atoms with van der Waals surface area (Å²) in [5.41, 5.74) is 3.38. The highest BCUT2D eigenvalue weighted by Gasteiger charge is 2.18. The first-order valence-electron chi connectivity index (χ1n) is 18.1. The van der Waals surface area contributed by atoms with Crippen molar-refractivity contribution >= 4 is 107 Å². The number of hydrogen-bond acceptors (Lipinski definition) is 12. The Morgan fingerprint density at radius 2 is 0.789 bits per heavy atom. The summed E-state index contributed by atoms with van der Waals surface area (Å²) < 4.78 is 0. The van der Waals surface area contributed by atoms with Crippen LogP contribution < -0.4 is 21.3 Å². The number of amides is 6. The molecule has 0 saturated heterocycles. The van der Waals surface area contributed by atoms with E-state index in [0.717, 1.165) is 47.5 Å². The molecule has 57 heavy (non-hydrogen) atoms. The summed E-state index contributed by atoms with van der Waals surface area (Å²) in [7, 11) is 0. The third-order valence-electron chi connectivity index (χ3n) is 7.71. The van der Waals surface area contributed by atoms with Crippen molar-refractivity contribution in [3.05, 3.63) is 70.8 Å². The van der Waals surface area contributed by atoms with Gasteiger partial charge in [0, 0.05) is 77.3 Å². The molecule has 4 N–H and O–H groups in total. The van der Waals surface area contributed by atoms with Gasteiger partial charge in [0.05, 0.1) is 23.0 Å². The lowest BCUT2D eigenvalue weighted by molar-refractivity contribution is -0.119. The first-order chi connectivity index (χ1) is 26.7. The summed E-state index contributed by atoms with van der Waals surface area (Å²) in [6, 6.07) is 14.8. The highest BCUT2D eigenvalue weighted by atomic mass is 35.5. The fourth-order valence-corrected chi connectivity index (χ4v) is 5.73. The Morgan fingerprint density at radius 1 is 0.509 bits per heavy atom. The van der Waals surface area contributed by atoms with E-state index in [1.54, 1.807) is 34.1 Å². The van der Waals surface area contributed by atoms with Gasteiger partial charge in [-0.15, -0.1) is 12.4 Å². The number of carbonyl (C=O) groups is 8. The maximum Gasteiger partial charge on any atom is 0.253 e. The molecule has 0 unspecified atom stereocenters. The van der Waals surface area contributed by atoms with Crippen LogP contribution in [0.1, 0.15) is 59.5 Å². The zero-order valence-corrected chi connectivity index (χ0v) is 37.0. The SMILES string of the molecule is CCc1ccc(C(=O)N(CCNC(=O)CS)CCNC(=O)CS)cc1.CCc1ccc(C(=O)N(CCNC(=O)CSC(C)=O)CCNC(=O)CSC(C)=O)cc1.Cl. The quantitative estimate of drug-likeness (QED) is 0.0960. The van der Waals surface area contributed by atoms with E-state index in [2.05, 4.69) is 53.4 Å². The van der Waals surface area contributed by atoms with Gasteiger partial charge in [-0.2, -0.15) is 25.3 Å². The lowest BCUT2D eigenvalue weighted by Gasteiger charge is -2.23. The first kappa shape index (κ1) is 53.3. The fourth-order valence-electron chi connectivity index (χ4n) is 4.63. The van der Waals surface area contributed by atoms with Crippen LogP contribution in [0.5, 0.6) is 0 Å². The average Bonchev–Trinajstić information content (AvgIpc) is 3.20. The minimum atomic E-state index is -0.283. The van der Waals surface area contributed by atoms with Crippen molar-refractivity contribution in [1.82, 2.24) is 31.1 Å². The second-order valence-corrected chi connectivity index (χ2v) is 14.9. The Labute approximate surface area is 361 Å². The number of aryl methyl sites for hydroxylation is 2. The predicted molar refractivity (Wildman–Crippen MR) is 237 cm³/mol. The van der Waals surface area contributed by atoms with Crippen LogP contribution in [0.2, 0.25) is 0 Å². The van der Waals surface area contributed by atoms with Crippen molar-refractivity contribution < 1.29 is 38.4 Å². The fraction of sp³-hybridized carbons (Fsp3) is 0.474. The van der Waals surface area contributed by atoms with E-state index in [9.17, 15) is 38.4 Å². The molecule has 6 amide bonds. The zero-order chi connectivity index (χ0) is 41.9. The van der Waals surface area contributed by atoms with Gasteiger partial charge < -0.3 is 31.1 Å². The summed E-state index contributed by atoms with van der Waals surface area (Å²) >= 11 is 9.65. The number of thiol groups is 2. The van der Waals surface area contributed by atoms with Gasteiger partial charge in [-0.05, 0) is 48.2 Å². The van der Waals surface area contributed by atoms with Crippen molar-refractivity contribution in [2.45, 2.75) is 40.5 Å². The zero-order valence-electron chi connectivity index (χ0n) is 32.8. The molecule has 0 aliphatic carbocycles. The molecule has 2 aromatic carbocycles. The number of nitrogens with zero attached hydrogens (tertiary/aromatic N) is 2. The van der Waals surface area contributed by atoms with Crippen molar-refractivity contribution in [3.8, 4) is 0 Å². The summed E-state index contributed by atoms with van der Waals surface area (Å²) in [6.45, 7) is 9.20. The van der Waals surface area contributed by atoms with Gasteiger partial charge in [-0.1, -0.05) is 61.6 Å². The molecule has 0 aromatic heterocycles. The van der Waals surface area contributed by atoms with Crippen LogP contribution in [0.15, 0.2) is 48.5 Å². The normalized spacial score (nSPS) is 10.1. The van der Waals surface area contributed by atoms with Crippen molar-refractivity contribution in [2.75, 3.05) is 75.4 Å². The highest BCUT2D eigenvalue weighted by Crippen LogP contribution is 2.10. The number of carbonyl (C=O) groups excluding carboxylic acids is 8. The minimum absolute atomic E-state index is 0. The molecule has 0 atom stereocenters. The maximum absolute atomic E-state index is 12.9. The molecule has 0 radical (unpaired) electrons. The molecule has 2 rings (SSSR count).